The normalized spacial score (nSPS) is 12.0. The third-order valence-corrected chi connectivity index (χ3v) is 3.17. The largest absolute Gasteiger partial charge is 0.469 e. The summed E-state index contributed by atoms with van der Waals surface area (Å²) < 4.78 is 4.60. The van der Waals surface area contributed by atoms with Gasteiger partial charge in [-0.25, -0.2) is 0 Å². The average Bonchev–Trinajstić information content (AvgIpc) is 2.45. The van der Waals surface area contributed by atoms with E-state index in [0.717, 1.165) is 16.6 Å². The molecule has 0 bridgehead atoms. The molecule has 1 aromatic carbocycles. The van der Waals surface area contributed by atoms with Gasteiger partial charge in [0.05, 0.1) is 24.6 Å². The van der Waals surface area contributed by atoms with Crippen LogP contribution in [-0.4, -0.2) is 30.0 Å². The van der Waals surface area contributed by atoms with Gasteiger partial charge in [-0.3, -0.25) is 14.6 Å². The van der Waals surface area contributed by atoms with Gasteiger partial charge in [0.2, 0.25) is 0 Å². The molecule has 1 atom stereocenters. The van der Waals surface area contributed by atoms with E-state index in [0.29, 0.717) is 5.56 Å². The molecular formula is C16H18N2O3. The molecule has 110 valence electrons. The quantitative estimate of drug-likeness (QED) is 0.875. The summed E-state index contributed by atoms with van der Waals surface area (Å²) in [5.74, 6) is -0.563. The first kappa shape index (κ1) is 15.0. The van der Waals surface area contributed by atoms with Gasteiger partial charge in [0.15, 0.2) is 0 Å². The van der Waals surface area contributed by atoms with Gasteiger partial charge < -0.3 is 10.1 Å². The van der Waals surface area contributed by atoms with E-state index in [4.69, 9.17) is 0 Å². The van der Waals surface area contributed by atoms with Crippen LogP contribution in [0.4, 0.5) is 0 Å². The molecule has 1 heterocycles. The third-order valence-electron chi connectivity index (χ3n) is 3.17. The monoisotopic (exact) mass is 286 g/mol. The van der Waals surface area contributed by atoms with E-state index in [1.807, 2.05) is 31.2 Å². The fraction of sp³-hybridized carbons (Fsp3) is 0.312. The smallest absolute Gasteiger partial charge is 0.307 e. The molecule has 0 saturated heterocycles. The van der Waals surface area contributed by atoms with Crippen LogP contribution in [0.3, 0.4) is 0 Å². The zero-order valence-electron chi connectivity index (χ0n) is 12.3. The highest BCUT2D eigenvalue weighted by Crippen LogP contribution is 2.18. The number of fused-ring (bicyclic) bond motifs is 1. The number of nitrogens with zero attached hydrogens (tertiary/aromatic N) is 1. The number of rotatable bonds is 4. The number of carbonyl (C=O) groups is 2. The lowest BCUT2D eigenvalue weighted by Crippen LogP contribution is -2.34. The van der Waals surface area contributed by atoms with E-state index in [2.05, 4.69) is 15.0 Å². The van der Waals surface area contributed by atoms with Crippen molar-refractivity contribution in [2.45, 2.75) is 26.3 Å². The molecule has 2 rings (SSSR count). The number of para-hydroxylation sites is 1. The topological polar surface area (TPSA) is 68.3 Å². The second-order valence-corrected chi connectivity index (χ2v) is 4.98. The number of benzene rings is 1. The van der Waals surface area contributed by atoms with Gasteiger partial charge in [-0.2, -0.15) is 0 Å². The fourth-order valence-corrected chi connectivity index (χ4v) is 2.18. The van der Waals surface area contributed by atoms with Crippen LogP contribution in [0.1, 0.15) is 29.4 Å². The molecule has 0 aliphatic carbocycles. The molecule has 0 aliphatic rings. The molecule has 1 unspecified atom stereocenters. The highest BCUT2D eigenvalue weighted by molar-refractivity contribution is 6.06. The van der Waals surface area contributed by atoms with E-state index >= 15 is 0 Å². The van der Waals surface area contributed by atoms with E-state index in [1.165, 1.54) is 7.11 Å². The van der Waals surface area contributed by atoms with Crippen LogP contribution >= 0.6 is 0 Å². The maximum absolute atomic E-state index is 12.4. The summed E-state index contributed by atoms with van der Waals surface area (Å²) in [6.45, 7) is 3.62. The molecule has 0 spiro atoms. The van der Waals surface area contributed by atoms with Crippen molar-refractivity contribution in [2.75, 3.05) is 7.11 Å². The Morgan fingerprint density at radius 1 is 1.33 bits per heavy atom. The molecule has 1 amide bonds. The van der Waals surface area contributed by atoms with Crippen LogP contribution in [-0.2, 0) is 9.53 Å². The van der Waals surface area contributed by atoms with Crippen LogP contribution in [0, 0.1) is 6.92 Å². The second kappa shape index (κ2) is 6.35. The number of ether oxygens (including phenoxy) is 1. The van der Waals surface area contributed by atoms with Crippen molar-refractivity contribution in [2.24, 2.45) is 0 Å². The number of hydrogen-bond acceptors (Lipinski definition) is 4. The summed E-state index contributed by atoms with van der Waals surface area (Å²) in [6, 6.07) is 8.95. The van der Waals surface area contributed by atoms with Gasteiger partial charge in [-0.15, -0.1) is 0 Å². The number of aromatic nitrogens is 1. The van der Waals surface area contributed by atoms with E-state index in [1.54, 1.807) is 13.0 Å². The lowest BCUT2D eigenvalue weighted by atomic mass is 10.1. The van der Waals surface area contributed by atoms with Crippen molar-refractivity contribution in [3.05, 3.63) is 41.6 Å². The average molecular weight is 286 g/mol. The number of nitrogens with one attached hydrogen (secondary N) is 1. The minimum absolute atomic E-state index is 0.143. The lowest BCUT2D eigenvalue weighted by Gasteiger charge is -2.14. The van der Waals surface area contributed by atoms with Crippen molar-refractivity contribution in [1.82, 2.24) is 10.3 Å². The Bertz CT molecular complexity index is 682. The van der Waals surface area contributed by atoms with Gasteiger partial charge >= 0.3 is 5.97 Å². The SMILES string of the molecule is COC(=O)CC(C)NC(=O)c1cc(C)nc2ccccc12. The Kier molecular flexibility index (Phi) is 4.52. The summed E-state index contributed by atoms with van der Waals surface area (Å²) in [5.41, 5.74) is 2.12. The molecule has 0 aliphatic heterocycles. The van der Waals surface area contributed by atoms with Crippen molar-refractivity contribution >= 4 is 22.8 Å². The Morgan fingerprint density at radius 3 is 2.76 bits per heavy atom. The summed E-state index contributed by atoms with van der Waals surface area (Å²) in [6.07, 6.45) is 0.143. The third kappa shape index (κ3) is 3.56. The van der Waals surface area contributed by atoms with Crippen LogP contribution in [0.5, 0.6) is 0 Å². The highest BCUT2D eigenvalue weighted by atomic mass is 16.5. The predicted octanol–water partition coefficient (Wildman–Crippen LogP) is 2.22. The molecule has 2 aromatic rings. The first-order valence-electron chi connectivity index (χ1n) is 6.75. The highest BCUT2D eigenvalue weighted by Gasteiger charge is 2.16. The number of methoxy groups -OCH3 is 1. The van der Waals surface area contributed by atoms with Crippen LogP contribution in [0.25, 0.3) is 10.9 Å². The van der Waals surface area contributed by atoms with Crippen molar-refractivity contribution in [3.8, 4) is 0 Å². The number of hydrogen-bond donors (Lipinski definition) is 1. The Labute approximate surface area is 123 Å². The molecule has 1 aromatic heterocycles. The number of aryl methyl sites for hydroxylation is 1. The summed E-state index contributed by atoms with van der Waals surface area (Å²) in [5, 5.41) is 3.61. The zero-order chi connectivity index (χ0) is 15.4. The predicted molar refractivity (Wildman–Crippen MR) is 80.0 cm³/mol. The number of esters is 1. The zero-order valence-corrected chi connectivity index (χ0v) is 12.3. The molecule has 5 nitrogen and oxygen atoms in total. The standard InChI is InChI=1S/C16H18N2O3/c1-10-8-13(12-6-4-5-7-14(12)17-10)16(20)18-11(2)9-15(19)21-3/h4-8,11H,9H2,1-3H3,(H,18,20). The van der Waals surface area contributed by atoms with E-state index in [9.17, 15) is 9.59 Å². The number of carbonyl (C=O) groups excluding carboxylic acids is 2. The number of amides is 1. The lowest BCUT2D eigenvalue weighted by molar-refractivity contribution is -0.141. The minimum Gasteiger partial charge on any atom is -0.469 e. The van der Waals surface area contributed by atoms with Crippen molar-refractivity contribution in [3.63, 3.8) is 0 Å². The molecule has 0 radical (unpaired) electrons. The molecule has 21 heavy (non-hydrogen) atoms. The first-order chi connectivity index (χ1) is 10.0. The van der Waals surface area contributed by atoms with Gasteiger partial charge in [-0.1, -0.05) is 18.2 Å². The van der Waals surface area contributed by atoms with Crippen LogP contribution in [0.2, 0.25) is 0 Å². The Hall–Kier alpha value is -2.43. The van der Waals surface area contributed by atoms with Crippen molar-refractivity contribution < 1.29 is 14.3 Å². The maximum Gasteiger partial charge on any atom is 0.307 e. The Morgan fingerprint density at radius 2 is 2.05 bits per heavy atom. The van der Waals surface area contributed by atoms with E-state index in [-0.39, 0.29) is 24.3 Å². The van der Waals surface area contributed by atoms with Crippen molar-refractivity contribution in [1.29, 1.82) is 0 Å². The maximum atomic E-state index is 12.4. The Balaban J connectivity index is 2.25. The van der Waals surface area contributed by atoms with E-state index < -0.39 is 0 Å². The van der Waals surface area contributed by atoms with Gasteiger partial charge in [0.1, 0.15) is 0 Å². The molecular weight excluding hydrogens is 268 g/mol. The molecule has 5 heteroatoms. The van der Waals surface area contributed by atoms with Crippen LogP contribution < -0.4 is 5.32 Å². The van der Waals surface area contributed by atoms with Gasteiger partial charge in [0.25, 0.3) is 5.91 Å². The summed E-state index contributed by atoms with van der Waals surface area (Å²) in [7, 11) is 1.33. The molecule has 1 N–H and O–H groups in total. The first-order valence-corrected chi connectivity index (χ1v) is 6.75. The minimum atomic E-state index is -0.349. The van der Waals surface area contributed by atoms with Crippen LogP contribution in [0.15, 0.2) is 30.3 Å². The number of pyridine rings is 1. The summed E-state index contributed by atoms with van der Waals surface area (Å²) in [4.78, 5) is 28.0. The fourth-order valence-electron chi connectivity index (χ4n) is 2.18. The molecule has 0 saturated carbocycles. The molecule has 0 fully saturated rings. The summed E-state index contributed by atoms with van der Waals surface area (Å²) >= 11 is 0. The van der Waals surface area contributed by atoms with Gasteiger partial charge in [-0.05, 0) is 26.0 Å². The second-order valence-electron chi connectivity index (χ2n) is 4.98. The van der Waals surface area contributed by atoms with Gasteiger partial charge in [0, 0.05) is 17.1 Å².